The van der Waals surface area contributed by atoms with Gasteiger partial charge in [-0.3, -0.25) is 0 Å². The minimum Gasteiger partial charge on any atom is -0.459 e. The Kier molecular flexibility index (Phi) is 2.93. The molecule has 3 nitrogen and oxygen atoms in total. The number of rotatable bonds is 4. The number of ether oxygens (including phenoxy) is 2. The molecule has 88 valence electrons. The number of carbonyl (C=O) groups excluding carboxylic acids is 1. The Morgan fingerprint density at radius 3 is 2.94 bits per heavy atom. The molecule has 0 amide bonds. The summed E-state index contributed by atoms with van der Waals surface area (Å²) in [6.45, 7) is 1.10. The zero-order chi connectivity index (χ0) is 14.8. The Labute approximate surface area is 104 Å². The van der Waals surface area contributed by atoms with E-state index in [-0.39, 0.29) is 17.1 Å². The monoisotopic (exact) mass is 297 g/mol. The molecule has 0 aliphatic rings. The molecule has 0 aliphatic carbocycles. The lowest BCUT2D eigenvalue weighted by molar-refractivity contribution is -0.216. The molecule has 0 aliphatic heterocycles. The molecule has 0 heterocycles. The maximum Gasteiger partial charge on any atom is 0.502 e. The summed E-state index contributed by atoms with van der Waals surface area (Å²) < 4.78 is 57.1. The van der Waals surface area contributed by atoms with Crippen molar-refractivity contribution in [3.05, 3.63) is 28.7 Å². The molecule has 0 unspecified atom stereocenters. The van der Waals surface area contributed by atoms with Gasteiger partial charge in [0, 0.05) is 4.47 Å². The van der Waals surface area contributed by atoms with Crippen molar-refractivity contribution >= 4 is 21.9 Å². The summed E-state index contributed by atoms with van der Waals surface area (Å²) in [6, 6.07) is -0.510. The number of hydrogen-bond acceptors (Lipinski definition) is 3. The van der Waals surface area contributed by atoms with Gasteiger partial charge in [-0.25, -0.2) is 4.79 Å². The van der Waals surface area contributed by atoms with Crippen LogP contribution in [0.3, 0.4) is 0 Å². The number of carbonyl (C=O) groups is 1. The van der Waals surface area contributed by atoms with E-state index in [2.05, 4.69) is 25.4 Å². The fourth-order valence-corrected chi connectivity index (χ4v) is 1.07. The minimum absolute atomic E-state index is 0.113. The third kappa shape index (κ3) is 3.44. The van der Waals surface area contributed by atoms with Crippen LogP contribution in [0.15, 0.2) is 28.7 Å². The summed E-state index contributed by atoms with van der Waals surface area (Å²) in [5.41, 5.74) is 0. The summed E-state index contributed by atoms with van der Waals surface area (Å²) in [6.07, 6.45) is -4.30. The van der Waals surface area contributed by atoms with E-state index in [1.54, 1.807) is 0 Å². The minimum atomic E-state index is -4.30. The fourth-order valence-electron chi connectivity index (χ4n) is 0.777. The average molecular weight is 298 g/mol. The van der Waals surface area contributed by atoms with Crippen LogP contribution in [0.4, 0.5) is 8.78 Å². The van der Waals surface area contributed by atoms with Crippen molar-refractivity contribution in [3.8, 4) is 5.75 Å². The van der Waals surface area contributed by atoms with Gasteiger partial charge in [-0.05, 0) is 25.1 Å². The van der Waals surface area contributed by atoms with Crippen molar-refractivity contribution < 1.29 is 27.2 Å². The molecular formula is C10H9BrF2O3. The van der Waals surface area contributed by atoms with Gasteiger partial charge in [0.05, 0.1) is 10.7 Å². The standard InChI is InChI=1S/C10H9BrF2O3/c1-2-15-9(14)10(12,13)16-8-5-3-4-7(11)6-8/h3-6H,2H2,1H3/i4D,5D,6D. The largest absolute Gasteiger partial charge is 0.502 e. The molecule has 0 fully saturated rings. The predicted molar refractivity (Wildman–Crippen MR) is 56.4 cm³/mol. The van der Waals surface area contributed by atoms with Crippen molar-refractivity contribution in [3.63, 3.8) is 0 Å². The van der Waals surface area contributed by atoms with Crippen molar-refractivity contribution in [2.75, 3.05) is 6.61 Å². The van der Waals surface area contributed by atoms with E-state index in [1.807, 2.05) is 0 Å². The fraction of sp³-hybridized carbons (Fsp3) is 0.300. The summed E-state index contributed by atoms with van der Waals surface area (Å²) in [5.74, 6) is -2.71. The molecular weight excluding hydrogens is 286 g/mol. The van der Waals surface area contributed by atoms with Crippen LogP contribution >= 0.6 is 15.9 Å². The number of alkyl halides is 2. The molecule has 0 saturated carbocycles. The number of halogens is 3. The van der Waals surface area contributed by atoms with Gasteiger partial charge in [-0.2, -0.15) is 8.78 Å². The van der Waals surface area contributed by atoms with E-state index < -0.39 is 29.9 Å². The quantitative estimate of drug-likeness (QED) is 0.802. The smallest absolute Gasteiger partial charge is 0.459 e. The van der Waals surface area contributed by atoms with Gasteiger partial charge < -0.3 is 9.47 Å². The second-order valence-electron chi connectivity index (χ2n) is 2.54. The van der Waals surface area contributed by atoms with Crippen LogP contribution in [0.5, 0.6) is 5.75 Å². The Hall–Kier alpha value is -1.17. The van der Waals surface area contributed by atoms with Crippen molar-refractivity contribution in [1.29, 1.82) is 0 Å². The summed E-state index contributed by atoms with van der Waals surface area (Å²) in [7, 11) is 0. The van der Waals surface area contributed by atoms with Gasteiger partial charge in [0.25, 0.3) is 0 Å². The van der Waals surface area contributed by atoms with Gasteiger partial charge in [-0.1, -0.05) is 22.0 Å². The van der Waals surface area contributed by atoms with Crippen LogP contribution < -0.4 is 4.74 Å². The maximum absolute atomic E-state index is 13.4. The number of esters is 1. The van der Waals surface area contributed by atoms with Crippen molar-refractivity contribution in [2.24, 2.45) is 0 Å². The highest BCUT2D eigenvalue weighted by Crippen LogP contribution is 2.25. The highest BCUT2D eigenvalue weighted by molar-refractivity contribution is 9.10. The lowest BCUT2D eigenvalue weighted by atomic mass is 10.3. The second-order valence-corrected chi connectivity index (χ2v) is 3.33. The first-order valence-electron chi connectivity index (χ1n) is 5.71. The van der Waals surface area contributed by atoms with Crippen LogP contribution in [-0.4, -0.2) is 18.7 Å². The van der Waals surface area contributed by atoms with Crippen LogP contribution in [0, 0.1) is 0 Å². The first-order chi connectivity index (χ1) is 8.70. The molecule has 0 atom stereocenters. The summed E-state index contributed by atoms with van der Waals surface area (Å²) >= 11 is 2.84. The molecule has 6 heteroatoms. The van der Waals surface area contributed by atoms with E-state index in [9.17, 15) is 13.6 Å². The lowest BCUT2D eigenvalue weighted by Crippen LogP contribution is -2.36. The maximum atomic E-state index is 13.4. The summed E-state index contributed by atoms with van der Waals surface area (Å²) in [4.78, 5) is 11.0. The topological polar surface area (TPSA) is 35.5 Å². The first kappa shape index (κ1) is 8.92. The zero-order valence-electron chi connectivity index (χ0n) is 11.1. The lowest BCUT2D eigenvalue weighted by Gasteiger charge is -2.15. The molecule has 0 saturated heterocycles. The van der Waals surface area contributed by atoms with Gasteiger partial charge in [-0.15, -0.1) is 0 Å². The number of benzene rings is 1. The van der Waals surface area contributed by atoms with Crippen LogP contribution in [-0.2, 0) is 9.53 Å². The molecule has 16 heavy (non-hydrogen) atoms. The third-order valence-corrected chi connectivity index (χ3v) is 1.80. The van der Waals surface area contributed by atoms with Gasteiger partial charge >= 0.3 is 12.1 Å². The predicted octanol–water partition coefficient (Wildman–Crippen LogP) is 2.98. The zero-order valence-corrected chi connectivity index (χ0v) is 9.73. The summed E-state index contributed by atoms with van der Waals surface area (Å²) in [5, 5.41) is 0. The molecule has 1 aromatic rings. The Morgan fingerprint density at radius 1 is 1.62 bits per heavy atom. The highest BCUT2D eigenvalue weighted by Gasteiger charge is 2.44. The van der Waals surface area contributed by atoms with Crippen molar-refractivity contribution in [1.82, 2.24) is 0 Å². The van der Waals surface area contributed by atoms with Gasteiger partial charge in [0.15, 0.2) is 0 Å². The third-order valence-electron chi connectivity index (χ3n) is 1.37. The normalized spacial score (nSPS) is 13.6. The van der Waals surface area contributed by atoms with E-state index in [4.69, 9.17) is 4.11 Å². The van der Waals surface area contributed by atoms with Gasteiger partial charge in [0.1, 0.15) is 5.75 Å². The molecule has 1 rings (SSSR count). The second kappa shape index (κ2) is 5.25. The SMILES string of the molecule is [2H]c1cc([2H])c(OC(F)(F)C(=O)OCC)c([2H])c1Br. The molecule has 1 aromatic carbocycles. The molecule has 0 radical (unpaired) electrons. The van der Waals surface area contributed by atoms with E-state index in [0.29, 0.717) is 0 Å². The van der Waals surface area contributed by atoms with Crippen LogP contribution in [0.2, 0.25) is 0 Å². The van der Waals surface area contributed by atoms with Crippen molar-refractivity contribution in [2.45, 2.75) is 13.0 Å². The van der Waals surface area contributed by atoms with Gasteiger partial charge in [0.2, 0.25) is 0 Å². The Bertz CT molecular complexity index is 511. The molecule has 0 spiro atoms. The molecule has 0 bridgehead atoms. The first-order valence-corrected chi connectivity index (χ1v) is 5.00. The Balaban J connectivity index is 3.13. The Morgan fingerprint density at radius 2 is 2.31 bits per heavy atom. The average Bonchev–Trinajstić information content (AvgIpc) is 2.32. The van der Waals surface area contributed by atoms with E-state index >= 15 is 0 Å². The molecule has 0 N–H and O–H groups in total. The molecule has 0 aromatic heterocycles. The van der Waals surface area contributed by atoms with E-state index in [1.165, 1.54) is 6.92 Å². The van der Waals surface area contributed by atoms with Crippen LogP contribution in [0.25, 0.3) is 0 Å². The number of hydrogen-bond donors (Lipinski definition) is 0. The van der Waals surface area contributed by atoms with Crippen LogP contribution in [0.1, 0.15) is 11.0 Å². The highest BCUT2D eigenvalue weighted by atomic mass is 79.9. The van der Waals surface area contributed by atoms with E-state index in [0.717, 1.165) is 6.07 Å².